The molecule has 0 bridgehead atoms. The number of benzene rings is 2. The number of hydrogen-bond acceptors (Lipinski definition) is 6. The molecule has 0 saturated heterocycles. The molecule has 0 aliphatic carbocycles. The third-order valence-corrected chi connectivity index (χ3v) is 6.28. The lowest BCUT2D eigenvalue weighted by atomic mass is 9.87. The van der Waals surface area contributed by atoms with E-state index in [1.165, 1.54) is 7.11 Å². The van der Waals surface area contributed by atoms with Crippen molar-refractivity contribution in [2.75, 3.05) is 25.3 Å². The second-order valence-electron chi connectivity index (χ2n) is 7.38. The van der Waals surface area contributed by atoms with E-state index in [-0.39, 0.29) is 24.0 Å². The number of amides is 2. The molecular weight excluding hydrogens is 426 g/mol. The molecule has 1 aliphatic heterocycles. The van der Waals surface area contributed by atoms with Crippen LogP contribution in [0, 0.1) is 25.2 Å². The number of para-hydroxylation sites is 1. The van der Waals surface area contributed by atoms with Crippen LogP contribution in [-0.4, -0.2) is 31.8 Å². The number of nitriles is 1. The van der Waals surface area contributed by atoms with Gasteiger partial charge in [0.15, 0.2) is 11.5 Å². The second kappa shape index (κ2) is 10.2. The lowest BCUT2D eigenvalue weighted by molar-refractivity contribution is -0.121. The maximum absolute atomic E-state index is 12.6. The number of carbonyl (C=O) groups is 2. The first-order valence-electron chi connectivity index (χ1n) is 10.0. The number of ether oxygens (including phenoxy) is 2. The van der Waals surface area contributed by atoms with Gasteiger partial charge in [-0.3, -0.25) is 9.59 Å². The molecule has 1 heterocycles. The highest BCUT2D eigenvalue weighted by molar-refractivity contribution is 8.03. The number of thioether (sulfide) groups is 1. The van der Waals surface area contributed by atoms with E-state index < -0.39 is 5.92 Å². The molecule has 32 heavy (non-hydrogen) atoms. The maximum Gasteiger partial charge on any atom is 0.234 e. The summed E-state index contributed by atoms with van der Waals surface area (Å²) < 4.78 is 10.6. The number of anilines is 1. The minimum atomic E-state index is -0.433. The largest absolute Gasteiger partial charge is 0.493 e. The highest BCUT2D eigenvalue weighted by atomic mass is 32.2. The first kappa shape index (κ1) is 23.2. The zero-order chi connectivity index (χ0) is 23.3. The molecular formula is C24H25N3O4S. The molecule has 1 unspecified atom stereocenters. The Labute approximate surface area is 191 Å². The molecule has 0 fully saturated rings. The predicted molar refractivity (Wildman–Crippen MR) is 125 cm³/mol. The molecule has 0 saturated carbocycles. The van der Waals surface area contributed by atoms with E-state index in [2.05, 4.69) is 16.7 Å². The van der Waals surface area contributed by atoms with Crippen LogP contribution >= 0.6 is 11.8 Å². The van der Waals surface area contributed by atoms with Crippen LogP contribution < -0.4 is 20.1 Å². The van der Waals surface area contributed by atoms with Crippen molar-refractivity contribution in [1.82, 2.24) is 5.32 Å². The van der Waals surface area contributed by atoms with E-state index >= 15 is 0 Å². The van der Waals surface area contributed by atoms with Gasteiger partial charge in [-0.2, -0.15) is 5.26 Å². The van der Waals surface area contributed by atoms with E-state index in [9.17, 15) is 14.9 Å². The normalized spacial score (nSPS) is 15.6. The number of nitrogens with one attached hydrogen (secondary N) is 2. The first-order chi connectivity index (χ1) is 15.4. The fourth-order valence-electron chi connectivity index (χ4n) is 3.61. The summed E-state index contributed by atoms with van der Waals surface area (Å²) in [6.07, 6.45) is 0.136. The molecule has 0 radical (unpaired) electrons. The van der Waals surface area contributed by atoms with Crippen LogP contribution in [0.5, 0.6) is 11.5 Å². The van der Waals surface area contributed by atoms with Gasteiger partial charge < -0.3 is 20.1 Å². The minimum absolute atomic E-state index is 0.0627. The van der Waals surface area contributed by atoms with Gasteiger partial charge in [0, 0.05) is 18.0 Å². The smallest absolute Gasteiger partial charge is 0.234 e. The average Bonchev–Trinajstić information content (AvgIpc) is 2.79. The van der Waals surface area contributed by atoms with Crippen molar-refractivity contribution in [2.45, 2.75) is 26.2 Å². The van der Waals surface area contributed by atoms with Crippen LogP contribution in [0.3, 0.4) is 0 Å². The Hall–Kier alpha value is -3.44. The molecule has 2 N–H and O–H groups in total. The molecule has 2 amide bonds. The van der Waals surface area contributed by atoms with Gasteiger partial charge in [0.05, 0.1) is 36.6 Å². The predicted octanol–water partition coefficient (Wildman–Crippen LogP) is 4.03. The number of carbonyl (C=O) groups excluding carboxylic acids is 2. The van der Waals surface area contributed by atoms with Crippen LogP contribution in [0.1, 0.15) is 29.0 Å². The van der Waals surface area contributed by atoms with Crippen molar-refractivity contribution >= 4 is 29.3 Å². The molecule has 1 atom stereocenters. The quantitative estimate of drug-likeness (QED) is 0.659. The molecule has 166 valence electrons. The highest BCUT2D eigenvalue weighted by Crippen LogP contribution is 2.39. The third-order valence-electron chi connectivity index (χ3n) is 5.26. The molecule has 2 aromatic carbocycles. The van der Waals surface area contributed by atoms with Crippen LogP contribution in [0.4, 0.5) is 5.69 Å². The van der Waals surface area contributed by atoms with Crippen molar-refractivity contribution < 1.29 is 19.1 Å². The summed E-state index contributed by atoms with van der Waals surface area (Å²) in [6.45, 7) is 3.86. The Morgan fingerprint density at radius 3 is 2.50 bits per heavy atom. The summed E-state index contributed by atoms with van der Waals surface area (Å²) in [5.74, 6) is 0.304. The van der Waals surface area contributed by atoms with Gasteiger partial charge in [-0.1, -0.05) is 36.0 Å². The molecule has 1 aliphatic rings. The number of allylic oxidation sites excluding steroid dienone is 1. The zero-order valence-electron chi connectivity index (χ0n) is 18.4. The summed E-state index contributed by atoms with van der Waals surface area (Å²) in [7, 11) is 3.08. The SMILES string of the molecule is COc1ccc(C2CC(=O)NC(SCC(=O)Nc3c(C)cccc3C)=C2C#N)cc1OC. The van der Waals surface area contributed by atoms with E-state index in [1.807, 2.05) is 38.1 Å². The molecule has 8 heteroatoms. The lowest BCUT2D eigenvalue weighted by Gasteiger charge is -2.25. The summed E-state index contributed by atoms with van der Waals surface area (Å²) in [5, 5.41) is 15.9. The number of hydrogen-bond donors (Lipinski definition) is 2. The average molecular weight is 452 g/mol. The topological polar surface area (TPSA) is 100 Å². The van der Waals surface area contributed by atoms with Crippen molar-refractivity contribution in [2.24, 2.45) is 0 Å². The fourth-order valence-corrected chi connectivity index (χ4v) is 4.49. The lowest BCUT2D eigenvalue weighted by Crippen LogP contribution is -2.31. The number of nitrogens with zero attached hydrogens (tertiary/aromatic N) is 1. The van der Waals surface area contributed by atoms with E-state index in [0.717, 1.165) is 34.1 Å². The monoisotopic (exact) mass is 451 g/mol. The van der Waals surface area contributed by atoms with Crippen molar-refractivity contribution in [3.05, 3.63) is 63.7 Å². The number of methoxy groups -OCH3 is 2. The first-order valence-corrected chi connectivity index (χ1v) is 11.0. The van der Waals surface area contributed by atoms with Gasteiger partial charge in [-0.15, -0.1) is 0 Å². The minimum Gasteiger partial charge on any atom is -0.493 e. The molecule has 0 spiro atoms. The van der Waals surface area contributed by atoms with Crippen molar-refractivity contribution in [3.63, 3.8) is 0 Å². The Morgan fingerprint density at radius 1 is 1.19 bits per heavy atom. The van der Waals surface area contributed by atoms with Gasteiger partial charge in [-0.05, 0) is 42.7 Å². The third kappa shape index (κ3) is 5.06. The van der Waals surface area contributed by atoms with Crippen LogP contribution in [0.15, 0.2) is 47.0 Å². The molecule has 2 aromatic rings. The van der Waals surface area contributed by atoms with Crippen LogP contribution in [0.2, 0.25) is 0 Å². The Kier molecular flexibility index (Phi) is 7.44. The Morgan fingerprint density at radius 2 is 1.88 bits per heavy atom. The van der Waals surface area contributed by atoms with Crippen molar-refractivity contribution in [3.8, 4) is 17.6 Å². The van der Waals surface area contributed by atoms with Gasteiger partial charge in [0.25, 0.3) is 0 Å². The number of aryl methyl sites for hydroxylation is 2. The van der Waals surface area contributed by atoms with Gasteiger partial charge in [0.1, 0.15) is 0 Å². The zero-order valence-corrected chi connectivity index (χ0v) is 19.3. The molecule has 3 rings (SSSR count). The molecule has 7 nitrogen and oxygen atoms in total. The Balaban J connectivity index is 1.82. The van der Waals surface area contributed by atoms with Crippen molar-refractivity contribution in [1.29, 1.82) is 5.26 Å². The number of rotatable bonds is 7. The van der Waals surface area contributed by atoms with Gasteiger partial charge >= 0.3 is 0 Å². The summed E-state index contributed by atoms with van der Waals surface area (Å²) in [5.41, 5.74) is 3.91. The second-order valence-corrected chi connectivity index (χ2v) is 8.36. The van der Waals surface area contributed by atoms with Crippen LogP contribution in [-0.2, 0) is 9.59 Å². The van der Waals surface area contributed by atoms with Gasteiger partial charge in [0.2, 0.25) is 11.8 Å². The fraction of sp³-hybridized carbons (Fsp3) is 0.292. The maximum atomic E-state index is 12.6. The van der Waals surface area contributed by atoms with E-state index in [4.69, 9.17) is 9.47 Å². The molecule has 0 aromatic heterocycles. The standard InChI is InChI=1S/C24H25N3O4S/c1-14-6-5-7-15(2)23(14)26-22(29)13-32-24-18(12-25)17(11-21(28)27-24)16-8-9-19(30-3)20(10-16)31-4/h5-10,17H,11,13H2,1-4H3,(H,26,29)(H,27,28). The Bertz CT molecular complexity index is 1100. The summed E-state index contributed by atoms with van der Waals surface area (Å²) >= 11 is 1.15. The highest BCUT2D eigenvalue weighted by Gasteiger charge is 2.30. The van der Waals surface area contributed by atoms with Gasteiger partial charge in [-0.25, -0.2) is 0 Å². The van der Waals surface area contributed by atoms with E-state index in [0.29, 0.717) is 22.1 Å². The summed E-state index contributed by atoms with van der Waals surface area (Å²) in [4.78, 5) is 25.0. The van der Waals surface area contributed by atoms with Crippen LogP contribution in [0.25, 0.3) is 0 Å². The summed E-state index contributed by atoms with van der Waals surface area (Å²) in [6, 6.07) is 13.4. The van der Waals surface area contributed by atoms with E-state index in [1.54, 1.807) is 19.2 Å².